The second-order valence-electron chi connectivity index (χ2n) is 3.72. The second kappa shape index (κ2) is 4.51. The minimum Gasteiger partial charge on any atom is -0.224 e. The van der Waals surface area contributed by atoms with E-state index in [0.29, 0.717) is 5.02 Å². The molecule has 0 aliphatic carbocycles. The third-order valence-corrected chi connectivity index (χ3v) is 3.67. The maximum atomic E-state index is 11.3. The van der Waals surface area contributed by atoms with Gasteiger partial charge >= 0.3 is 0 Å². The molecule has 0 spiro atoms. The number of halogens is 1. The molecule has 0 heterocycles. The summed E-state index contributed by atoms with van der Waals surface area (Å²) in [5.74, 6) is 0. The monoisotopic (exact) mass is 265 g/mol. The fraction of sp³-hybridized carbons (Fsp3) is 0.0769. The average molecular weight is 266 g/mol. The molecule has 2 rings (SSSR count). The van der Waals surface area contributed by atoms with E-state index in [1.54, 1.807) is 30.3 Å². The third-order valence-electron chi connectivity index (χ3n) is 2.36. The molecule has 0 fully saturated rings. The molecule has 0 aromatic heterocycles. The molecule has 17 heavy (non-hydrogen) atoms. The average Bonchev–Trinajstić information content (AvgIpc) is 2.29. The number of rotatable bonds is 2. The summed E-state index contributed by atoms with van der Waals surface area (Å²) >= 11 is 5.80. The van der Waals surface area contributed by atoms with Crippen LogP contribution in [0.2, 0.25) is 5.02 Å². The zero-order valence-corrected chi connectivity index (χ0v) is 10.7. The van der Waals surface area contributed by atoms with Gasteiger partial charge in [-0.15, -0.1) is 0 Å². The van der Waals surface area contributed by atoms with Crippen molar-refractivity contribution in [2.24, 2.45) is 0 Å². The predicted octanol–water partition coefficient (Wildman–Crippen LogP) is 3.21. The van der Waals surface area contributed by atoms with E-state index in [-0.39, 0.29) is 4.90 Å². The van der Waals surface area contributed by atoms with Gasteiger partial charge in [0.1, 0.15) is 0 Å². The lowest BCUT2D eigenvalue weighted by molar-refractivity contribution is 0.602. The quantitative estimate of drug-likeness (QED) is 0.836. The molecule has 87 valence electrons. The van der Waals surface area contributed by atoms with Crippen molar-refractivity contribution in [2.45, 2.75) is 4.90 Å². The molecule has 0 amide bonds. The van der Waals surface area contributed by atoms with Gasteiger partial charge in [-0.3, -0.25) is 0 Å². The van der Waals surface area contributed by atoms with Gasteiger partial charge < -0.3 is 0 Å². The minimum atomic E-state index is -3.19. The van der Waals surface area contributed by atoms with Crippen LogP contribution in [0.3, 0.4) is 0 Å². The number of benzene rings is 2. The van der Waals surface area contributed by atoms with Crippen LogP contribution in [0.4, 0.5) is 0 Å². The summed E-state index contributed by atoms with van der Waals surface area (Å²) < 4.78 is 22.6. The van der Waals surface area contributed by atoms with Gasteiger partial charge in [0.2, 0.25) is 0 Å². The number of hydrogen-bond acceptors (Lipinski definition) is 2. The first-order chi connectivity index (χ1) is 7.97. The standard InChI is InChI=1S/C13H10ClO2S/c1-17(15,16)13-8-4-11(5-9-13)10-2-6-12(14)7-3-10/h2-8H,1H3. The summed E-state index contributed by atoms with van der Waals surface area (Å²) in [4.78, 5) is 0.204. The molecule has 2 nitrogen and oxygen atoms in total. The van der Waals surface area contributed by atoms with Crippen LogP contribution in [0.25, 0.3) is 11.1 Å². The van der Waals surface area contributed by atoms with E-state index in [1.807, 2.05) is 12.1 Å². The fourth-order valence-electron chi connectivity index (χ4n) is 1.46. The topological polar surface area (TPSA) is 34.1 Å². The highest BCUT2D eigenvalue weighted by atomic mass is 35.5. The number of sulfone groups is 1. The Morgan fingerprint density at radius 2 is 1.59 bits per heavy atom. The lowest BCUT2D eigenvalue weighted by Crippen LogP contribution is -1.96. The molecule has 0 saturated carbocycles. The smallest absolute Gasteiger partial charge is 0.176 e. The molecule has 0 saturated heterocycles. The van der Waals surface area contributed by atoms with Crippen molar-refractivity contribution >= 4 is 21.4 Å². The summed E-state index contributed by atoms with van der Waals surface area (Å²) in [5.41, 5.74) is 1.89. The first-order valence-corrected chi connectivity index (χ1v) is 7.21. The normalized spacial score (nSPS) is 11.4. The third kappa shape index (κ3) is 2.87. The molecule has 1 radical (unpaired) electrons. The van der Waals surface area contributed by atoms with Gasteiger partial charge in [-0.05, 0) is 35.4 Å². The molecular weight excluding hydrogens is 256 g/mol. The maximum absolute atomic E-state index is 11.3. The summed E-state index contributed by atoms with van der Waals surface area (Å²) in [6, 6.07) is 15.1. The minimum absolute atomic E-state index is 0.204. The number of hydrogen-bond donors (Lipinski definition) is 0. The summed E-state index contributed by atoms with van der Waals surface area (Å²) in [5, 5.41) is 0.672. The Bertz CT molecular complexity index is 613. The largest absolute Gasteiger partial charge is 0.224 e. The molecular formula is C13H10ClO2S. The Labute approximate surface area is 106 Å². The Hall–Kier alpha value is -1.32. The van der Waals surface area contributed by atoms with Crippen LogP contribution in [0.5, 0.6) is 0 Å². The Morgan fingerprint density at radius 1 is 1.00 bits per heavy atom. The first kappa shape index (κ1) is 12.1. The first-order valence-electron chi connectivity index (χ1n) is 4.94. The molecule has 2 aromatic carbocycles. The molecule has 0 unspecified atom stereocenters. The van der Waals surface area contributed by atoms with E-state index >= 15 is 0 Å². The van der Waals surface area contributed by atoms with E-state index in [9.17, 15) is 8.42 Å². The van der Waals surface area contributed by atoms with Gasteiger partial charge in [0, 0.05) is 17.3 Å². The van der Waals surface area contributed by atoms with Crippen LogP contribution in [-0.2, 0) is 9.84 Å². The summed E-state index contributed by atoms with van der Waals surface area (Å²) in [6.07, 6.45) is 1.17. The van der Waals surface area contributed by atoms with Crippen LogP contribution in [0.1, 0.15) is 0 Å². The molecule has 4 heteroatoms. The van der Waals surface area contributed by atoms with Gasteiger partial charge in [0.25, 0.3) is 0 Å². The predicted molar refractivity (Wildman–Crippen MR) is 68.8 cm³/mol. The van der Waals surface area contributed by atoms with Crippen molar-refractivity contribution in [3.05, 3.63) is 53.6 Å². The van der Waals surface area contributed by atoms with E-state index in [2.05, 4.69) is 6.07 Å². The summed E-state index contributed by atoms with van der Waals surface area (Å²) in [6.45, 7) is 0. The van der Waals surface area contributed by atoms with E-state index in [1.165, 1.54) is 6.26 Å². The maximum Gasteiger partial charge on any atom is 0.176 e. The zero-order chi connectivity index (χ0) is 12.5. The van der Waals surface area contributed by atoms with Crippen molar-refractivity contribution < 1.29 is 8.42 Å². The Balaban J connectivity index is 2.39. The molecule has 0 atom stereocenters. The summed E-state index contributed by atoms with van der Waals surface area (Å²) in [7, 11) is -3.19. The molecule has 0 aliphatic heterocycles. The molecule has 2 aromatic rings. The molecule has 0 N–H and O–H groups in total. The van der Waals surface area contributed by atoms with Gasteiger partial charge in [-0.25, -0.2) is 8.42 Å². The van der Waals surface area contributed by atoms with Crippen LogP contribution in [0, 0.1) is 6.07 Å². The van der Waals surface area contributed by atoms with Crippen molar-refractivity contribution in [3.8, 4) is 11.1 Å². The van der Waals surface area contributed by atoms with Gasteiger partial charge in [0.15, 0.2) is 9.84 Å². The van der Waals surface area contributed by atoms with Crippen LogP contribution >= 0.6 is 11.6 Å². The zero-order valence-electron chi connectivity index (χ0n) is 9.14. The van der Waals surface area contributed by atoms with Crippen molar-refractivity contribution in [1.82, 2.24) is 0 Å². The van der Waals surface area contributed by atoms with E-state index in [4.69, 9.17) is 11.6 Å². The highest BCUT2D eigenvalue weighted by Crippen LogP contribution is 2.22. The Kier molecular flexibility index (Phi) is 3.22. The van der Waals surface area contributed by atoms with Gasteiger partial charge in [-0.1, -0.05) is 29.8 Å². The Morgan fingerprint density at radius 3 is 2.06 bits per heavy atom. The van der Waals surface area contributed by atoms with Crippen LogP contribution < -0.4 is 0 Å². The van der Waals surface area contributed by atoms with E-state index in [0.717, 1.165) is 11.1 Å². The van der Waals surface area contributed by atoms with Crippen LogP contribution in [0.15, 0.2) is 47.4 Å². The van der Waals surface area contributed by atoms with Crippen molar-refractivity contribution in [2.75, 3.05) is 6.26 Å². The molecule has 0 bridgehead atoms. The SMILES string of the molecule is CS(=O)(=O)c1[c]cc(-c2ccc(Cl)cc2)cc1. The van der Waals surface area contributed by atoms with Gasteiger partial charge in [-0.2, -0.15) is 0 Å². The highest BCUT2D eigenvalue weighted by molar-refractivity contribution is 7.90. The fourth-order valence-corrected chi connectivity index (χ4v) is 2.18. The van der Waals surface area contributed by atoms with E-state index < -0.39 is 9.84 Å². The van der Waals surface area contributed by atoms with Crippen molar-refractivity contribution in [1.29, 1.82) is 0 Å². The highest BCUT2D eigenvalue weighted by Gasteiger charge is 2.07. The lowest BCUT2D eigenvalue weighted by Gasteiger charge is -2.03. The lowest BCUT2D eigenvalue weighted by atomic mass is 10.1. The second-order valence-corrected chi connectivity index (χ2v) is 6.14. The van der Waals surface area contributed by atoms with Crippen LogP contribution in [-0.4, -0.2) is 14.7 Å². The van der Waals surface area contributed by atoms with Crippen molar-refractivity contribution in [3.63, 3.8) is 0 Å². The molecule has 0 aliphatic rings. The van der Waals surface area contributed by atoms with Gasteiger partial charge in [0.05, 0.1) is 4.90 Å².